The van der Waals surface area contributed by atoms with Gasteiger partial charge in [-0.25, -0.2) is 0 Å². The molecule has 1 amide bonds. The zero-order chi connectivity index (χ0) is 13.5. The SMILES string of the molecule is CC1(C)C(O)CC1NC(=O)c1cc(O)ccc1N. The van der Waals surface area contributed by atoms with Crippen LogP contribution in [0.3, 0.4) is 0 Å². The van der Waals surface area contributed by atoms with Crippen molar-refractivity contribution in [2.75, 3.05) is 5.73 Å². The average Bonchev–Trinajstić information content (AvgIpc) is 2.31. The molecule has 2 atom stereocenters. The summed E-state index contributed by atoms with van der Waals surface area (Å²) < 4.78 is 0. The summed E-state index contributed by atoms with van der Waals surface area (Å²) in [7, 11) is 0. The monoisotopic (exact) mass is 250 g/mol. The van der Waals surface area contributed by atoms with Crippen LogP contribution in [0.25, 0.3) is 0 Å². The van der Waals surface area contributed by atoms with Crippen molar-refractivity contribution in [1.29, 1.82) is 0 Å². The fraction of sp³-hybridized carbons (Fsp3) is 0.462. The van der Waals surface area contributed by atoms with Crippen LogP contribution in [-0.4, -0.2) is 28.3 Å². The molecule has 1 aromatic rings. The molecular weight excluding hydrogens is 232 g/mol. The summed E-state index contributed by atoms with van der Waals surface area (Å²) in [6.07, 6.45) is 0.140. The van der Waals surface area contributed by atoms with Crippen LogP contribution in [0.4, 0.5) is 5.69 Å². The van der Waals surface area contributed by atoms with Crippen molar-refractivity contribution in [1.82, 2.24) is 5.32 Å². The Bertz CT molecular complexity index is 485. The number of rotatable bonds is 2. The van der Waals surface area contributed by atoms with Crippen molar-refractivity contribution in [3.8, 4) is 5.75 Å². The highest BCUT2D eigenvalue weighted by molar-refractivity contribution is 5.99. The van der Waals surface area contributed by atoms with Crippen LogP contribution in [-0.2, 0) is 0 Å². The van der Waals surface area contributed by atoms with E-state index in [1.807, 2.05) is 13.8 Å². The van der Waals surface area contributed by atoms with Crippen molar-refractivity contribution in [3.63, 3.8) is 0 Å². The number of phenolic OH excluding ortho intramolecular Hbond substituents is 1. The zero-order valence-electron chi connectivity index (χ0n) is 10.5. The third kappa shape index (κ3) is 2.01. The van der Waals surface area contributed by atoms with Crippen LogP contribution in [0.5, 0.6) is 5.75 Å². The summed E-state index contributed by atoms with van der Waals surface area (Å²) in [6, 6.07) is 4.18. The first-order valence-electron chi connectivity index (χ1n) is 5.90. The predicted molar refractivity (Wildman–Crippen MR) is 68.2 cm³/mol. The number of nitrogens with two attached hydrogens (primary N) is 1. The lowest BCUT2D eigenvalue weighted by Crippen LogP contribution is -2.61. The number of benzene rings is 1. The number of nitrogens with one attached hydrogen (secondary N) is 1. The number of aliphatic hydroxyl groups excluding tert-OH is 1. The van der Waals surface area contributed by atoms with Crippen LogP contribution < -0.4 is 11.1 Å². The lowest BCUT2D eigenvalue weighted by molar-refractivity contribution is -0.0689. The number of anilines is 1. The van der Waals surface area contributed by atoms with E-state index in [1.54, 1.807) is 0 Å². The van der Waals surface area contributed by atoms with Gasteiger partial charge in [0.15, 0.2) is 0 Å². The minimum atomic E-state index is -0.399. The maximum Gasteiger partial charge on any atom is 0.253 e. The number of hydrogen-bond acceptors (Lipinski definition) is 4. The van der Waals surface area contributed by atoms with Gasteiger partial charge in [0, 0.05) is 17.1 Å². The first kappa shape index (κ1) is 12.7. The molecule has 1 saturated carbocycles. The molecule has 98 valence electrons. The van der Waals surface area contributed by atoms with Crippen LogP contribution in [0, 0.1) is 5.41 Å². The molecule has 0 heterocycles. The van der Waals surface area contributed by atoms with Crippen molar-refractivity contribution in [2.24, 2.45) is 5.41 Å². The van der Waals surface area contributed by atoms with E-state index in [4.69, 9.17) is 5.73 Å². The summed E-state index contributed by atoms with van der Waals surface area (Å²) in [5.41, 5.74) is 5.95. The Hall–Kier alpha value is -1.75. The van der Waals surface area contributed by atoms with Crippen LogP contribution in [0.15, 0.2) is 18.2 Å². The Morgan fingerprint density at radius 3 is 2.72 bits per heavy atom. The molecule has 0 aromatic heterocycles. The standard InChI is InChI=1S/C13H18N2O3/c1-13(2)10(6-11(13)17)15-12(18)8-5-7(16)3-4-9(8)14/h3-5,10-11,16-17H,6,14H2,1-2H3,(H,15,18). The van der Waals surface area contributed by atoms with Gasteiger partial charge in [-0.1, -0.05) is 13.8 Å². The first-order chi connectivity index (χ1) is 8.32. The molecule has 1 fully saturated rings. The number of amides is 1. The van der Waals surface area contributed by atoms with Crippen molar-refractivity contribution in [2.45, 2.75) is 32.4 Å². The maximum absolute atomic E-state index is 12.0. The Balaban J connectivity index is 2.12. The molecule has 1 aliphatic carbocycles. The third-order valence-electron chi connectivity index (χ3n) is 3.80. The number of carbonyl (C=O) groups excluding carboxylic acids is 1. The van der Waals surface area contributed by atoms with Gasteiger partial charge < -0.3 is 21.3 Å². The van der Waals surface area contributed by atoms with Gasteiger partial charge in [0.05, 0.1) is 11.7 Å². The second-order valence-electron chi connectivity index (χ2n) is 5.37. The topological polar surface area (TPSA) is 95.6 Å². The number of aliphatic hydroxyl groups is 1. The molecule has 5 nitrogen and oxygen atoms in total. The summed E-state index contributed by atoms with van der Waals surface area (Å²) in [6.45, 7) is 3.80. The molecule has 0 bridgehead atoms. The number of carbonyl (C=O) groups is 1. The largest absolute Gasteiger partial charge is 0.508 e. The highest BCUT2D eigenvalue weighted by Gasteiger charge is 2.48. The summed E-state index contributed by atoms with van der Waals surface area (Å²) in [4.78, 5) is 12.0. The number of nitrogen functional groups attached to an aromatic ring is 1. The van der Waals surface area contributed by atoms with Gasteiger partial charge in [-0.2, -0.15) is 0 Å². The van der Waals surface area contributed by atoms with Crippen LogP contribution in [0.2, 0.25) is 0 Å². The van der Waals surface area contributed by atoms with Gasteiger partial charge in [-0.15, -0.1) is 0 Å². The van der Waals surface area contributed by atoms with E-state index in [1.165, 1.54) is 18.2 Å². The molecule has 1 aliphatic rings. The van der Waals surface area contributed by atoms with Gasteiger partial charge in [-0.05, 0) is 24.6 Å². The summed E-state index contributed by atoms with van der Waals surface area (Å²) in [5.74, 6) is -0.323. The lowest BCUT2D eigenvalue weighted by atomic mass is 9.64. The molecule has 0 spiro atoms. The van der Waals surface area contributed by atoms with E-state index in [-0.39, 0.29) is 28.7 Å². The molecule has 5 N–H and O–H groups in total. The molecule has 0 aliphatic heterocycles. The smallest absolute Gasteiger partial charge is 0.253 e. The number of hydrogen-bond donors (Lipinski definition) is 4. The fourth-order valence-corrected chi connectivity index (χ4v) is 2.12. The molecule has 2 unspecified atom stereocenters. The number of aromatic hydroxyl groups is 1. The second kappa shape index (κ2) is 4.17. The minimum Gasteiger partial charge on any atom is -0.508 e. The van der Waals surface area contributed by atoms with Gasteiger partial charge >= 0.3 is 0 Å². The molecule has 0 saturated heterocycles. The molecule has 1 aromatic carbocycles. The third-order valence-corrected chi connectivity index (χ3v) is 3.80. The highest BCUT2D eigenvalue weighted by atomic mass is 16.3. The van der Waals surface area contributed by atoms with E-state index in [9.17, 15) is 15.0 Å². The van der Waals surface area contributed by atoms with Gasteiger partial charge in [-0.3, -0.25) is 4.79 Å². The Labute approximate surface area is 106 Å². The Morgan fingerprint density at radius 2 is 2.17 bits per heavy atom. The predicted octanol–water partition coefficient (Wildman–Crippen LogP) is 0.864. The normalized spacial score (nSPS) is 25.3. The van der Waals surface area contributed by atoms with Crippen LogP contribution >= 0.6 is 0 Å². The molecule has 2 rings (SSSR count). The van der Waals surface area contributed by atoms with Crippen LogP contribution in [0.1, 0.15) is 30.6 Å². The zero-order valence-corrected chi connectivity index (χ0v) is 10.5. The van der Waals surface area contributed by atoms with E-state index >= 15 is 0 Å². The Morgan fingerprint density at radius 1 is 1.50 bits per heavy atom. The van der Waals surface area contributed by atoms with Gasteiger partial charge in [0.25, 0.3) is 5.91 Å². The first-order valence-corrected chi connectivity index (χ1v) is 5.90. The quantitative estimate of drug-likeness (QED) is 0.462. The van der Waals surface area contributed by atoms with E-state index in [0.29, 0.717) is 12.1 Å². The van der Waals surface area contributed by atoms with E-state index in [0.717, 1.165) is 0 Å². The maximum atomic E-state index is 12.0. The second-order valence-corrected chi connectivity index (χ2v) is 5.37. The van der Waals surface area contributed by atoms with E-state index in [2.05, 4.69) is 5.32 Å². The Kier molecular flexibility index (Phi) is 2.94. The van der Waals surface area contributed by atoms with Crippen molar-refractivity contribution < 1.29 is 15.0 Å². The van der Waals surface area contributed by atoms with Gasteiger partial charge in [0.1, 0.15) is 5.75 Å². The number of phenols is 1. The molecule has 0 radical (unpaired) electrons. The fourth-order valence-electron chi connectivity index (χ4n) is 2.12. The minimum absolute atomic E-state index is 0.00209. The summed E-state index contributed by atoms with van der Waals surface area (Å²) >= 11 is 0. The van der Waals surface area contributed by atoms with Crippen molar-refractivity contribution in [3.05, 3.63) is 23.8 Å². The van der Waals surface area contributed by atoms with Crippen molar-refractivity contribution >= 4 is 11.6 Å². The molecule has 18 heavy (non-hydrogen) atoms. The van der Waals surface area contributed by atoms with E-state index < -0.39 is 6.10 Å². The van der Waals surface area contributed by atoms with Gasteiger partial charge in [0.2, 0.25) is 0 Å². The summed E-state index contributed by atoms with van der Waals surface area (Å²) in [5, 5.41) is 21.8. The molecule has 5 heteroatoms. The highest BCUT2D eigenvalue weighted by Crippen LogP contribution is 2.40. The average molecular weight is 250 g/mol. The molecular formula is C13H18N2O3. The lowest BCUT2D eigenvalue weighted by Gasteiger charge is -2.49.